The number of nitrogens with zero attached hydrogens (tertiary/aromatic N) is 4. The van der Waals surface area contributed by atoms with Crippen molar-refractivity contribution in [1.82, 2.24) is 14.5 Å². The largest absolute Gasteiger partial charge is 0.463 e. The Labute approximate surface area is 186 Å². The molecule has 5 rings (SSSR count). The van der Waals surface area contributed by atoms with Gasteiger partial charge in [-0.2, -0.15) is 4.98 Å². The van der Waals surface area contributed by atoms with Gasteiger partial charge in [0.2, 0.25) is 0 Å². The maximum atomic E-state index is 12.9. The lowest BCUT2D eigenvalue weighted by Crippen LogP contribution is -2.36. The molecule has 4 aromatic rings. The van der Waals surface area contributed by atoms with Crippen LogP contribution < -0.4 is 10.6 Å². The molecule has 9 nitrogen and oxygen atoms in total. The lowest BCUT2D eigenvalue weighted by molar-refractivity contribution is -0.145. The minimum absolute atomic E-state index is 0.136. The lowest BCUT2D eigenvalue weighted by Gasteiger charge is -2.25. The molecule has 0 N–H and O–H groups in total. The molecule has 164 valence electrons. The molecule has 0 aliphatic carbocycles. The first-order chi connectivity index (χ1) is 15.7. The first-order valence-electron chi connectivity index (χ1n) is 10.2. The molecule has 1 fully saturated rings. The van der Waals surface area contributed by atoms with Crippen molar-refractivity contribution in [3.05, 3.63) is 64.8 Å². The van der Waals surface area contributed by atoms with Gasteiger partial charge < -0.3 is 18.8 Å². The maximum absolute atomic E-state index is 12.9. The third-order valence-corrected chi connectivity index (χ3v) is 6.21. The zero-order valence-corrected chi connectivity index (χ0v) is 17.9. The first-order valence-corrected chi connectivity index (χ1v) is 11.0. The summed E-state index contributed by atoms with van der Waals surface area (Å²) in [5, 5.41) is 0.745. The second-order valence-electron chi connectivity index (χ2n) is 7.20. The Bertz CT molecular complexity index is 1280. The van der Waals surface area contributed by atoms with Gasteiger partial charge in [0.25, 0.3) is 0 Å². The molecular weight excluding hydrogens is 432 g/mol. The summed E-state index contributed by atoms with van der Waals surface area (Å²) in [6, 6.07) is 12.8. The van der Waals surface area contributed by atoms with E-state index < -0.39 is 11.7 Å². The maximum Gasteiger partial charge on any atom is 0.350 e. The van der Waals surface area contributed by atoms with E-state index in [4.69, 9.17) is 18.9 Å². The van der Waals surface area contributed by atoms with Crippen LogP contribution in [0.1, 0.15) is 5.56 Å². The van der Waals surface area contributed by atoms with Crippen molar-refractivity contribution in [3.8, 4) is 11.5 Å². The highest BCUT2D eigenvalue weighted by Crippen LogP contribution is 2.33. The van der Waals surface area contributed by atoms with E-state index in [1.807, 2.05) is 30.3 Å². The fourth-order valence-electron chi connectivity index (χ4n) is 3.46. The number of ether oxygens (including phenoxy) is 2. The van der Waals surface area contributed by atoms with Crippen LogP contribution in [-0.4, -0.2) is 46.8 Å². The number of carbonyl (C=O) groups is 1. The fourth-order valence-corrected chi connectivity index (χ4v) is 4.57. The number of furan rings is 1. The van der Waals surface area contributed by atoms with Crippen LogP contribution in [0.25, 0.3) is 21.8 Å². The quantitative estimate of drug-likeness (QED) is 0.412. The van der Waals surface area contributed by atoms with Crippen LogP contribution in [0.15, 0.2) is 57.9 Å². The van der Waals surface area contributed by atoms with Crippen molar-refractivity contribution in [3.63, 3.8) is 0 Å². The smallest absolute Gasteiger partial charge is 0.350 e. The lowest BCUT2D eigenvalue weighted by atomic mass is 10.2. The molecule has 0 spiro atoms. The highest BCUT2D eigenvalue weighted by Gasteiger charge is 2.23. The number of fused-ring (bicyclic) bond motifs is 1. The molecule has 10 heteroatoms. The monoisotopic (exact) mass is 452 g/mol. The Morgan fingerprint density at radius 2 is 1.91 bits per heavy atom. The number of benzene rings is 1. The van der Waals surface area contributed by atoms with Crippen molar-refractivity contribution in [2.45, 2.75) is 13.2 Å². The van der Waals surface area contributed by atoms with Crippen LogP contribution in [0, 0.1) is 0 Å². The van der Waals surface area contributed by atoms with Crippen molar-refractivity contribution < 1.29 is 18.7 Å². The standard InChI is InChI=1S/C22H20N4O5S/c27-17(31-14-15-5-2-1-3-6-15)13-26-20-19(18(23-21(26)28)16-7-4-10-30-16)24-22(32-20)25-8-11-29-12-9-25/h1-7,10H,8-9,11-14H2. The highest BCUT2D eigenvalue weighted by molar-refractivity contribution is 7.22. The summed E-state index contributed by atoms with van der Waals surface area (Å²) in [7, 11) is 0. The Kier molecular flexibility index (Phi) is 5.70. The Balaban J connectivity index is 1.49. The summed E-state index contributed by atoms with van der Waals surface area (Å²) in [5.41, 5.74) is 1.19. The predicted molar refractivity (Wildman–Crippen MR) is 119 cm³/mol. The molecule has 0 atom stereocenters. The molecule has 0 amide bonds. The van der Waals surface area contributed by atoms with Crippen molar-refractivity contribution in [2.75, 3.05) is 31.2 Å². The van der Waals surface area contributed by atoms with Crippen LogP contribution >= 0.6 is 11.3 Å². The highest BCUT2D eigenvalue weighted by atomic mass is 32.1. The van der Waals surface area contributed by atoms with Crippen LogP contribution in [-0.2, 0) is 27.4 Å². The molecule has 32 heavy (non-hydrogen) atoms. The average Bonchev–Trinajstić information content (AvgIpc) is 3.51. The van der Waals surface area contributed by atoms with E-state index in [-0.39, 0.29) is 13.2 Å². The van der Waals surface area contributed by atoms with E-state index in [2.05, 4.69) is 9.88 Å². The molecule has 1 aliphatic heterocycles. The molecule has 0 unspecified atom stereocenters. The molecule has 3 aromatic heterocycles. The van der Waals surface area contributed by atoms with Crippen LogP contribution in [0.3, 0.4) is 0 Å². The molecular formula is C22H20N4O5S. The number of thiazole rings is 1. The topological polar surface area (TPSA) is 99.7 Å². The summed E-state index contributed by atoms with van der Waals surface area (Å²) < 4.78 is 17.6. The number of rotatable bonds is 6. The predicted octanol–water partition coefficient (Wildman–Crippen LogP) is 2.69. The number of carbonyl (C=O) groups excluding carboxylic acids is 1. The summed E-state index contributed by atoms with van der Waals surface area (Å²) in [4.78, 5) is 37.0. The second-order valence-corrected chi connectivity index (χ2v) is 8.16. The summed E-state index contributed by atoms with van der Waals surface area (Å²) in [5.74, 6) is -0.0733. The van der Waals surface area contributed by atoms with Gasteiger partial charge in [0.05, 0.1) is 19.5 Å². The zero-order chi connectivity index (χ0) is 21.9. The van der Waals surface area contributed by atoms with Gasteiger partial charge in [0, 0.05) is 13.1 Å². The van der Waals surface area contributed by atoms with Crippen LogP contribution in [0.5, 0.6) is 0 Å². The zero-order valence-electron chi connectivity index (χ0n) is 17.1. The number of hydrogen-bond acceptors (Lipinski definition) is 9. The van der Waals surface area contributed by atoms with Gasteiger partial charge in [-0.05, 0) is 17.7 Å². The SMILES string of the molecule is O=C(Cn1c(=O)nc(-c2ccco2)c2nc(N3CCOCC3)sc21)OCc1ccccc1. The number of anilines is 1. The van der Waals surface area contributed by atoms with Gasteiger partial charge in [-0.1, -0.05) is 41.7 Å². The van der Waals surface area contributed by atoms with Crippen molar-refractivity contribution >= 4 is 32.8 Å². The Hall–Kier alpha value is -3.50. The number of esters is 1. The van der Waals surface area contributed by atoms with E-state index in [1.165, 1.54) is 22.2 Å². The third-order valence-electron chi connectivity index (χ3n) is 5.07. The van der Waals surface area contributed by atoms with E-state index in [1.54, 1.807) is 12.1 Å². The molecule has 0 radical (unpaired) electrons. The van der Waals surface area contributed by atoms with Gasteiger partial charge in [0.15, 0.2) is 10.9 Å². The van der Waals surface area contributed by atoms with E-state index in [9.17, 15) is 9.59 Å². The van der Waals surface area contributed by atoms with Gasteiger partial charge >= 0.3 is 11.7 Å². The summed E-state index contributed by atoms with van der Waals surface area (Å²) in [6.07, 6.45) is 1.52. The van der Waals surface area contributed by atoms with Crippen molar-refractivity contribution in [2.24, 2.45) is 0 Å². The van der Waals surface area contributed by atoms with Crippen LogP contribution in [0.4, 0.5) is 5.13 Å². The average molecular weight is 452 g/mol. The van der Waals surface area contributed by atoms with Crippen molar-refractivity contribution in [1.29, 1.82) is 0 Å². The fraction of sp³-hybridized carbons (Fsp3) is 0.273. The van der Waals surface area contributed by atoms with E-state index >= 15 is 0 Å². The number of aromatic nitrogens is 3. The first kappa shape index (κ1) is 20.4. The molecule has 0 saturated carbocycles. The number of morpholine rings is 1. The molecule has 0 bridgehead atoms. The van der Waals surface area contributed by atoms with Gasteiger partial charge in [-0.3, -0.25) is 9.36 Å². The molecule has 4 heterocycles. The molecule has 1 aromatic carbocycles. The third kappa shape index (κ3) is 4.14. The minimum Gasteiger partial charge on any atom is -0.463 e. The molecule has 1 aliphatic rings. The second kappa shape index (κ2) is 8.93. The normalized spacial score (nSPS) is 14.1. The van der Waals surface area contributed by atoms with Gasteiger partial charge in [-0.25, -0.2) is 9.78 Å². The summed E-state index contributed by atoms with van der Waals surface area (Å²) >= 11 is 1.35. The van der Waals surface area contributed by atoms with Crippen LogP contribution in [0.2, 0.25) is 0 Å². The Morgan fingerprint density at radius 1 is 1.09 bits per heavy atom. The number of hydrogen-bond donors (Lipinski definition) is 0. The summed E-state index contributed by atoms with van der Waals surface area (Å²) in [6.45, 7) is 2.50. The Morgan fingerprint density at radius 3 is 2.66 bits per heavy atom. The van der Waals surface area contributed by atoms with E-state index in [0.29, 0.717) is 48.1 Å². The van der Waals surface area contributed by atoms with Gasteiger partial charge in [0.1, 0.15) is 29.2 Å². The minimum atomic E-state index is -0.558. The molecule has 1 saturated heterocycles. The van der Waals surface area contributed by atoms with Gasteiger partial charge in [-0.15, -0.1) is 0 Å². The van der Waals surface area contributed by atoms with E-state index in [0.717, 1.165) is 10.7 Å².